The molecule has 1 aliphatic rings. The van der Waals surface area contributed by atoms with Gasteiger partial charge in [0.05, 0.1) is 0 Å². The van der Waals surface area contributed by atoms with E-state index in [1.807, 2.05) is 0 Å². The fraction of sp³-hybridized carbons (Fsp3) is 0.393. The fourth-order valence-corrected chi connectivity index (χ4v) is 5.06. The van der Waals surface area contributed by atoms with Crippen LogP contribution in [-0.2, 0) is 30.8 Å². The summed E-state index contributed by atoms with van der Waals surface area (Å²) >= 11 is 0. The topological polar surface area (TPSA) is 60.7 Å². The molecule has 0 unspecified atom stereocenters. The Bertz CT molecular complexity index is 1130. The Morgan fingerprint density at radius 2 is 1.94 bits per heavy atom. The van der Waals surface area contributed by atoms with Gasteiger partial charge in [-0.1, -0.05) is 50.2 Å². The molecule has 1 aromatic heterocycles. The van der Waals surface area contributed by atoms with Gasteiger partial charge in [-0.25, -0.2) is 5.48 Å². The van der Waals surface area contributed by atoms with Gasteiger partial charge in [-0.05, 0) is 61.0 Å². The summed E-state index contributed by atoms with van der Waals surface area (Å²) in [5, 5.41) is 10.1. The lowest BCUT2D eigenvalue weighted by molar-refractivity contribution is -0.124. The minimum Gasteiger partial charge on any atom is -0.344 e. The molecule has 1 aliphatic heterocycles. The highest BCUT2D eigenvalue weighted by Gasteiger charge is 2.24. The van der Waals surface area contributed by atoms with E-state index >= 15 is 0 Å². The summed E-state index contributed by atoms with van der Waals surface area (Å²) < 4.78 is 2.53. The highest BCUT2D eigenvalue weighted by atomic mass is 16.5. The van der Waals surface area contributed by atoms with Crippen molar-refractivity contribution in [1.29, 1.82) is 0 Å². The Morgan fingerprint density at radius 1 is 1.15 bits per heavy atom. The molecule has 34 heavy (non-hydrogen) atoms. The molecule has 0 saturated heterocycles. The number of benzene rings is 2. The van der Waals surface area contributed by atoms with Crippen LogP contribution in [0.25, 0.3) is 17.0 Å². The SMILES string of the molecule is CCN(CC)CCCn1c2c(c3cc(/C=C/C(=O)NO)ccc31)CN(Cc1ccccc1)CC2. The maximum atomic E-state index is 11.5. The van der Waals surface area contributed by atoms with E-state index in [-0.39, 0.29) is 0 Å². The summed E-state index contributed by atoms with van der Waals surface area (Å²) in [7, 11) is 0. The summed E-state index contributed by atoms with van der Waals surface area (Å²) in [5.41, 5.74) is 8.08. The van der Waals surface area contributed by atoms with Crippen LogP contribution in [0.4, 0.5) is 0 Å². The van der Waals surface area contributed by atoms with Crippen molar-refractivity contribution in [2.75, 3.05) is 26.2 Å². The average molecular weight is 461 g/mol. The molecule has 2 N–H and O–H groups in total. The van der Waals surface area contributed by atoms with E-state index < -0.39 is 5.91 Å². The van der Waals surface area contributed by atoms with E-state index in [1.165, 1.54) is 33.8 Å². The largest absolute Gasteiger partial charge is 0.344 e. The highest BCUT2D eigenvalue weighted by molar-refractivity contribution is 5.93. The lowest BCUT2D eigenvalue weighted by Crippen LogP contribution is -2.31. The number of hydroxylamine groups is 1. The van der Waals surface area contributed by atoms with Crippen LogP contribution in [-0.4, -0.2) is 51.7 Å². The first-order valence-corrected chi connectivity index (χ1v) is 12.4. The maximum Gasteiger partial charge on any atom is 0.267 e. The van der Waals surface area contributed by atoms with E-state index in [9.17, 15) is 4.79 Å². The minimum atomic E-state index is -0.523. The zero-order valence-corrected chi connectivity index (χ0v) is 20.3. The van der Waals surface area contributed by atoms with Gasteiger partial charge in [0.15, 0.2) is 0 Å². The molecule has 1 amide bonds. The second-order valence-electron chi connectivity index (χ2n) is 8.99. The van der Waals surface area contributed by atoms with Crippen LogP contribution in [0.15, 0.2) is 54.6 Å². The maximum absolute atomic E-state index is 11.5. The Kier molecular flexibility index (Phi) is 8.16. The number of hydrogen-bond acceptors (Lipinski definition) is 4. The minimum absolute atomic E-state index is 0.523. The second kappa shape index (κ2) is 11.5. The Labute approximate surface area is 202 Å². The molecule has 6 heteroatoms. The molecule has 0 bridgehead atoms. The van der Waals surface area contributed by atoms with Crippen LogP contribution in [0.2, 0.25) is 0 Å². The van der Waals surface area contributed by atoms with Gasteiger partial charge >= 0.3 is 0 Å². The average Bonchev–Trinajstić information content (AvgIpc) is 3.18. The van der Waals surface area contributed by atoms with Crippen molar-refractivity contribution in [3.05, 3.63) is 77.0 Å². The molecule has 0 aliphatic carbocycles. The molecule has 2 heterocycles. The fourth-order valence-electron chi connectivity index (χ4n) is 5.06. The normalized spacial score (nSPS) is 14.2. The lowest BCUT2D eigenvalue weighted by atomic mass is 10.0. The predicted molar refractivity (Wildman–Crippen MR) is 138 cm³/mol. The van der Waals surface area contributed by atoms with Crippen LogP contribution in [0, 0.1) is 0 Å². The standard InChI is InChI=1S/C28H36N4O2/c1-3-30(4-2)16-8-17-32-26-13-11-22(12-14-28(33)29-34)19-24(26)25-21-31(18-15-27(25)32)20-23-9-6-5-7-10-23/h5-7,9-14,19,34H,3-4,8,15-18,20-21H2,1-2H3,(H,29,33)/b14-12+. The summed E-state index contributed by atoms with van der Waals surface area (Å²) in [6.45, 7) is 11.7. The van der Waals surface area contributed by atoms with Crippen LogP contribution < -0.4 is 5.48 Å². The number of carbonyl (C=O) groups is 1. The third-order valence-electron chi connectivity index (χ3n) is 6.89. The van der Waals surface area contributed by atoms with E-state index in [1.54, 1.807) is 11.6 Å². The number of aromatic nitrogens is 1. The van der Waals surface area contributed by atoms with Gasteiger partial charge in [0.1, 0.15) is 0 Å². The number of rotatable bonds is 10. The van der Waals surface area contributed by atoms with Gasteiger partial charge in [-0.2, -0.15) is 0 Å². The molecule has 4 rings (SSSR count). The number of hydrogen-bond donors (Lipinski definition) is 2. The van der Waals surface area contributed by atoms with E-state index in [2.05, 4.69) is 76.7 Å². The number of amides is 1. The summed E-state index contributed by atoms with van der Waals surface area (Å²) in [4.78, 5) is 16.5. The highest BCUT2D eigenvalue weighted by Crippen LogP contribution is 2.33. The summed E-state index contributed by atoms with van der Waals surface area (Å²) in [6, 6.07) is 17.1. The number of fused-ring (bicyclic) bond motifs is 3. The third-order valence-corrected chi connectivity index (χ3v) is 6.89. The van der Waals surface area contributed by atoms with Crippen molar-refractivity contribution in [1.82, 2.24) is 19.8 Å². The van der Waals surface area contributed by atoms with Crippen molar-refractivity contribution in [3.63, 3.8) is 0 Å². The van der Waals surface area contributed by atoms with Crippen LogP contribution >= 0.6 is 0 Å². The molecule has 0 radical (unpaired) electrons. The Morgan fingerprint density at radius 3 is 2.68 bits per heavy atom. The van der Waals surface area contributed by atoms with Crippen molar-refractivity contribution in [3.8, 4) is 0 Å². The number of aryl methyl sites for hydroxylation is 1. The van der Waals surface area contributed by atoms with Gasteiger partial charge in [0, 0.05) is 55.3 Å². The molecule has 0 saturated carbocycles. The summed E-state index contributed by atoms with van der Waals surface area (Å²) in [5.74, 6) is -0.523. The first-order chi connectivity index (χ1) is 16.6. The molecule has 180 valence electrons. The smallest absolute Gasteiger partial charge is 0.267 e. The second-order valence-corrected chi connectivity index (χ2v) is 8.99. The first-order valence-electron chi connectivity index (χ1n) is 12.4. The zero-order chi connectivity index (χ0) is 23.9. The number of carbonyl (C=O) groups excluding carboxylic acids is 1. The van der Waals surface area contributed by atoms with Crippen LogP contribution in [0.5, 0.6) is 0 Å². The van der Waals surface area contributed by atoms with Crippen LogP contribution in [0.3, 0.4) is 0 Å². The molecular formula is C28H36N4O2. The van der Waals surface area contributed by atoms with E-state index in [0.29, 0.717) is 0 Å². The van der Waals surface area contributed by atoms with E-state index in [4.69, 9.17) is 5.21 Å². The van der Waals surface area contributed by atoms with Crippen molar-refractivity contribution in [2.45, 2.75) is 46.3 Å². The molecule has 3 aromatic rings. The number of nitrogens with zero attached hydrogens (tertiary/aromatic N) is 3. The third kappa shape index (κ3) is 5.58. The predicted octanol–water partition coefficient (Wildman–Crippen LogP) is 4.45. The van der Waals surface area contributed by atoms with Gasteiger partial charge in [0.25, 0.3) is 5.91 Å². The Hall–Kier alpha value is -2.93. The summed E-state index contributed by atoms with van der Waals surface area (Å²) in [6.07, 6.45) is 5.28. The Balaban J connectivity index is 1.64. The van der Waals surface area contributed by atoms with Gasteiger partial charge in [0.2, 0.25) is 0 Å². The lowest BCUT2D eigenvalue weighted by Gasteiger charge is -2.28. The van der Waals surface area contributed by atoms with Gasteiger partial charge in [-0.15, -0.1) is 0 Å². The quantitative estimate of drug-likeness (QED) is 0.267. The monoisotopic (exact) mass is 460 g/mol. The van der Waals surface area contributed by atoms with Crippen molar-refractivity contribution >= 4 is 22.9 Å². The molecule has 6 nitrogen and oxygen atoms in total. The van der Waals surface area contributed by atoms with Gasteiger partial charge < -0.3 is 9.47 Å². The molecular weight excluding hydrogens is 424 g/mol. The van der Waals surface area contributed by atoms with Crippen molar-refractivity contribution < 1.29 is 10.0 Å². The molecule has 0 spiro atoms. The van der Waals surface area contributed by atoms with E-state index in [0.717, 1.165) is 64.2 Å². The number of nitrogens with one attached hydrogen (secondary N) is 1. The molecule has 0 fully saturated rings. The first kappa shape index (κ1) is 24.2. The molecule has 0 atom stereocenters. The molecule has 2 aromatic carbocycles. The van der Waals surface area contributed by atoms with Crippen molar-refractivity contribution in [2.24, 2.45) is 0 Å². The van der Waals surface area contributed by atoms with Gasteiger partial charge in [-0.3, -0.25) is 14.9 Å². The zero-order valence-electron chi connectivity index (χ0n) is 20.3. The van der Waals surface area contributed by atoms with Crippen LogP contribution in [0.1, 0.15) is 42.7 Å².